The first-order valence-electron chi connectivity index (χ1n) is 7.97. The van der Waals surface area contributed by atoms with Gasteiger partial charge in [0.15, 0.2) is 0 Å². The molecule has 0 unspecified atom stereocenters. The van der Waals surface area contributed by atoms with Crippen molar-refractivity contribution in [3.63, 3.8) is 0 Å². The van der Waals surface area contributed by atoms with Crippen LogP contribution in [0.4, 0.5) is 30.7 Å². The van der Waals surface area contributed by atoms with E-state index in [2.05, 4.69) is 0 Å². The van der Waals surface area contributed by atoms with Crippen LogP contribution in [0.25, 0.3) is 11.1 Å². The highest BCUT2D eigenvalue weighted by Gasteiger charge is 2.34. The van der Waals surface area contributed by atoms with Gasteiger partial charge in [-0.05, 0) is 59.7 Å². The van der Waals surface area contributed by atoms with Crippen molar-refractivity contribution in [1.29, 1.82) is 0 Å². The molecule has 0 saturated carbocycles. The Morgan fingerprint density at radius 3 is 2.00 bits per heavy atom. The molecule has 9 heteroatoms. The zero-order valence-electron chi connectivity index (χ0n) is 14.2. The Balaban J connectivity index is 2.00. The molecule has 29 heavy (non-hydrogen) atoms. The third-order valence-electron chi connectivity index (χ3n) is 3.91. The second kappa shape index (κ2) is 7.59. The van der Waals surface area contributed by atoms with Crippen LogP contribution in [-0.2, 0) is 12.4 Å². The summed E-state index contributed by atoms with van der Waals surface area (Å²) in [6, 6.07) is 10.1. The predicted molar refractivity (Wildman–Crippen MR) is 93.4 cm³/mol. The molecule has 1 nitrogen and oxygen atoms in total. The van der Waals surface area contributed by atoms with Gasteiger partial charge in [-0.1, -0.05) is 23.7 Å². The van der Waals surface area contributed by atoms with Crippen LogP contribution in [0.15, 0.2) is 60.7 Å². The SMILES string of the molecule is Fc1ccc(C(F)(F)F)c(-c2cccc(Oc3ccc(Cl)c(C(F)(F)F)c3)c2)c1. The minimum atomic E-state index is -4.72. The van der Waals surface area contributed by atoms with Crippen LogP contribution in [0.2, 0.25) is 5.02 Å². The van der Waals surface area contributed by atoms with Crippen LogP contribution < -0.4 is 4.74 Å². The molecule has 0 aliphatic rings. The monoisotopic (exact) mass is 434 g/mol. The van der Waals surface area contributed by atoms with Gasteiger partial charge in [0.25, 0.3) is 0 Å². The summed E-state index contributed by atoms with van der Waals surface area (Å²) in [7, 11) is 0. The van der Waals surface area contributed by atoms with E-state index in [1.54, 1.807) is 0 Å². The van der Waals surface area contributed by atoms with Crippen molar-refractivity contribution >= 4 is 11.6 Å². The van der Waals surface area contributed by atoms with Gasteiger partial charge < -0.3 is 4.74 Å². The molecule has 0 atom stereocenters. The summed E-state index contributed by atoms with van der Waals surface area (Å²) >= 11 is 5.55. The van der Waals surface area contributed by atoms with Crippen LogP contribution >= 0.6 is 11.6 Å². The summed E-state index contributed by atoms with van der Waals surface area (Å²) in [6.07, 6.45) is -9.43. The number of rotatable bonds is 3. The van der Waals surface area contributed by atoms with Gasteiger partial charge in [0.05, 0.1) is 16.1 Å². The van der Waals surface area contributed by atoms with E-state index in [0.717, 1.165) is 12.1 Å². The summed E-state index contributed by atoms with van der Waals surface area (Å²) in [5.74, 6) is -1.11. The minimum absolute atomic E-state index is 0.0145. The van der Waals surface area contributed by atoms with E-state index in [0.29, 0.717) is 18.2 Å². The third-order valence-corrected chi connectivity index (χ3v) is 4.24. The Morgan fingerprint density at radius 2 is 1.34 bits per heavy atom. The first-order valence-corrected chi connectivity index (χ1v) is 8.35. The Bertz CT molecular complexity index is 1040. The summed E-state index contributed by atoms with van der Waals surface area (Å²) in [4.78, 5) is 0. The normalized spacial score (nSPS) is 12.1. The Hall–Kier alpha value is -2.74. The van der Waals surface area contributed by atoms with Crippen LogP contribution in [-0.4, -0.2) is 0 Å². The quantitative estimate of drug-likeness (QED) is 0.380. The maximum Gasteiger partial charge on any atom is 0.417 e. The summed E-state index contributed by atoms with van der Waals surface area (Å²) < 4.78 is 97.5. The lowest BCUT2D eigenvalue weighted by Crippen LogP contribution is -2.07. The second-order valence-corrected chi connectivity index (χ2v) is 6.36. The number of alkyl halides is 6. The van der Waals surface area contributed by atoms with Gasteiger partial charge in [-0.25, -0.2) is 4.39 Å². The minimum Gasteiger partial charge on any atom is -0.457 e. The molecule has 0 saturated heterocycles. The van der Waals surface area contributed by atoms with E-state index in [9.17, 15) is 30.7 Å². The zero-order valence-corrected chi connectivity index (χ0v) is 15.0. The largest absolute Gasteiger partial charge is 0.457 e. The van der Waals surface area contributed by atoms with Gasteiger partial charge in [0.1, 0.15) is 17.3 Å². The zero-order chi connectivity index (χ0) is 21.4. The van der Waals surface area contributed by atoms with E-state index in [1.165, 1.54) is 30.3 Å². The Morgan fingerprint density at radius 1 is 0.690 bits per heavy atom. The van der Waals surface area contributed by atoms with Crippen molar-refractivity contribution in [2.75, 3.05) is 0 Å². The number of halogens is 8. The van der Waals surface area contributed by atoms with E-state index >= 15 is 0 Å². The van der Waals surface area contributed by atoms with Crippen LogP contribution in [0.3, 0.4) is 0 Å². The molecule has 0 amide bonds. The molecule has 0 heterocycles. The highest BCUT2D eigenvalue weighted by atomic mass is 35.5. The van der Waals surface area contributed by atoms with Gasteiger partial charge in [-0.2, -0.15) is 26.3 Å². The second-order valence-electron chi connectivity index (χ2n) is 5.96. The highest BCUT2D eigenvalue weighted by Crippen LogP contribution is 2.40. The molecule has 0 bridgehead atoms. The molecule has 0 radical (unpaired) electrons. The summed E-state index contributed by atoms with van der Waals surface area (Å²) in [5, 5.41) is -0.520. The Kier molecular flexibility index (Phi) is 5.49. The number of hydrogen-bond donors (Lipinski definition) is 0. The molecule has 3 aromatic carbocycles. The molecular weight excluding hydrogens is 425 g/mol. The van der Waals surface area contributed by atoms with Gasteiger partial charge in [0.2, 0.25) is 0 Å². The molecule has 0 aliphatic carbocycles. The smallest absolute Gasteiger partial charge is 0.417 e. The van der Waals surface area contributed by atoms with Crippen LogP contribution in [0, 0.1) is 5.82 Å². The fourth-order valence-corrected chi connectivity index (χ4v) is 2.88. The molecule has 152 valence electrons. The average Bonchev–Trinajstić information content (AvgIpc) is 2.61. The molecule has 0 aromatic heterocycles. The fraction of sp³-hybridized carbons (Fsp3) is 0.100. The van der Waals surface area contributed by atoms with E-state index in [1.807, 2.05) is 0 Å². The maximum absolute atomic E-state index is 13.5. The molecule has 0 N–H and O–H groups in total. The topological polar surface area (TPSA) is 9.23 Å². The van der Waals surface area contributed by atoms with Crippen molar-refractivity contribution < 1.29 is 35.5 Å². The third kappa shape index (κ3) is 4.82. The molecule has 3 aromatic rings. The van der Waals surface area contributed by atoms with Gasteiger partial charge >= 0.3 is 12.4 Å². The molecule has 0 spiro atoms. The van der Waals surface area contributed by atoms with Crippen molar-refractivity contribution in [2.24, 2.45) is 0 Å². The van der Waals surface area contributed by atoms with Gasteiger partial charge in [0, 0.05) is 0 Å². The van der Waals surface area contributed by atoms with Crippen molar-refractivity contribution in [1.82, 2.24) is 0 Å². The lowest BCUT2D eigenvalue weighted by molar-refractivity contribution is -0.138. The lowest BCUT2D eigenvalue weighted by Gasteiger charge is -2.15. The van der Waals surface area contributed by atoms with E-state index in [4.69, 9.17) is 16.3 Å². The van der Waals surface area contributed by atoms with Crippen molar-refractivity contribution in [2.45, 2.75) is 12.4 Å². The summed E-state index contributed by atoms with van der Waals surface area (Å²) in [5.41, 5.74) is -2.60. The van der Waals surface area contributed by atoms with Gasteiger partial charge in [-0.3, -0.25) is 0 Å². The average molecular weight is 435 g/mol. The first-order chi connectivity index (χ1) is 13.4. The lowest BCUT2D eigenvalue weighted by atomic mass is 9.99. The molecular formula is C20H10ClF7O. The first kappa shape index (κ1) is 21.0. The van der Waals surface area contributed by atoms with Crippen molar-refractivity contribution in [3.05, 3.63) is 82.6 Å². The van der Waals surface area contributed by atoms with Gasteiger partial charge in [-0.15, -0.1) is 0 Å². The number of benzene rings is 3. The standard InChI is InChI=1S/C20H10ClF7O/c21-18-7-5-14(10-17(18)20(26,27)28)29-13-3-1-2-11(8-13)15-9-12(22)4-6-16(15)19(23,24)25/h1-10H. The van der Waals surface area contributed by atoms with E-state index in [-0.39, 0.29) is 17.1 Å². The van der Waals surface area contributed by atoms with Crippen LogP contribution in [0.5, 0.6) is 11.5 Å². The fourth-order valence-electron chi connectivity index (χ4n) is 2.65. The number of ether oxygens (including phenoxy) is 1. The summed E-state index contributed by atoms with van der Waals surface area (Å²) in [6.45, 7) is 0. The number of hydrogen-bond acceptors (Lipinski definition) is 1. The Labute approximate surface area is 165 Å². The van der Waals surface area contributed by atoms with Crippen LogP contribution in [0.1, 0.15) is 11.1 Å². The predicted octanol–water partition coefficient (Wildman–Crippen LogP) is 7.98. The van der Waals surface area contributed by atoms with Crippen molar-refractivity contribution in [3.8, 4) is 22.6 Å². The highest BCUT2D eigenvalue weighted by molar-refractivity contribution is 6.31. The van der Waals surface area contributed by atoms with E-state index < -0.39 is 39.9 Å². The molecule has 0 aliphatic heterocycles. The molecule has 0 fully saturated rings. The molecule has 3 rings (SSSR count). The maximum atomic E-state index is 13.5.